The van der Waals surface area contributed by atoms with Crippen LogP contribution in [0.2, 0.25) is 0 Å². The van der Waals surface area contributed by atoms with E-state index < -0.39 is 5.41 Å². The molecule has 0 bridgehead atoms. The summed E-state index contributed by atoms with van der Waals surface area (Å²) in [5, 5.41) is 11.5. The summed E-state index contributed by atoms with van der Waals surface area (Å²) in [6, 6.07) is 1.98. The van der Waals surface area contributed by atoms with Crippen molar-refractivity contribution in [2.75, 3.05) is 18.6 Å². The first-order chi connectivity index (χ1) is 6.54. The number of hydrogen-bond acceptors (Lipinski definition) is 3. The van der Waals surface area contributed by atoms with Gasteiger partial charge < -0.3 is 5.32 Å². The van der Waals surface area contributed by atoms with E-state index in [4.69, 9.17) is 5.26 Å². The van der Waals surface area contributed by atoms with Gasteiger partial charge in [-0.1, -0.05) is 0 Å². The number of carbonyl (C=O) groups is 1. The molecule has 1 amide bonds. The van der Waals surface area contributed by atoms with Crippen LogP contribution in [0.5, 0.6) is 0 Å². The predicted octanol–water partition coefficient (Wildman–Crippen LogP) is 1.80. The molecule has 0 saturated carbocycles. The van der Waals surface area contributed by atoms with E-state index in [-0.39, 0.29) is 5.91 Å². The third kappa shape index (κ3) is 5.13. The summed E-state index contributed by atoms with van der Waals surface area (Å²) in [5.41, 5.74) is -0.903. The Hall–Kier alpha value is -0.690. The molecule has 0 aliphatic heterocycles. The minimum absolute atomic E-state index is 0.177. The summed E-state index contributed by atoms with van der Waals surface area (Å²) < 4.78 is 0. The van der Waals surface area contributed by atoms with Crippen LogP contribution < -0.4 is 5.32 Å². The van der Waals surface area contributed by atoms with Crippen molar-refractivity contribution in [2.24, 2.45) is 5.41 Å². The Bertz CT molecular complexity index is 221. The van der Waals surface area contributed by atoms with Gasteiger partial charge in [0.15, 0.2) is 0 Å². The SMILES string of the molecule is CSCCCCNC(=O)C(C)(C)C#N. The number of rotatable bonds is 6. The third-order valence-electron chi connectivity index (χ3n) is 1.91. The summed E-state index contributed by atoms with van der Waals surface area (Å²) in [4.78, 5) is 11.4. The second-order valence-corrected chi connectivity index (χ2v) is 4.68. The van der Waals surface area contributed by atoms with Crippen molar-refractivity contribution in [1.29, 1.82) is 5.26 Å². The summed E-state index contributed by atoms with van der Waals surface area (Å²) in [5.74, 6) is 0.946. The predicted molar refractivity (Wildman–Crippen MR) is 60.0 cm³/mol. The third-order valence-corrected chi connectivity index (χ3v) is 2.60. The highest BCUT2D eigenvalue weighted by atomic mass is 32.2. The lowest BCUT2D eigenvalue weighted by molar-refractivity contribution is -0.126. The van der Waals surface area contributed by atoms with Crippen LogP contribution in [0.3, 0.4) is 0 Å². The highest BCUT2D eigenvalue weighted by Crippen LogP contribution is 2.12. The van der Waals surface area contributed by atoms with Gasteiger partial charge in [-0.15, -0.1) is 0 Å². The lowest BCUT2D eigenvalue weighted by atomic mass is 9.95. The molecule has 0 fully saturated rings. The number of hydrogen-bond donors (Lipinski definition) is 1. The van der Waals surface area contributed by atoms with Crippen LogP contribution in [-0.2, 0) is 4.79 Å². The Morgan fingerprint density at radius 1 is 1.50 bits per heavy atom. The molecule has 14 heavy (non-hydrogen) atoms. The average molecular weight is 214 g/mol. The minimum Gasteiger partial charge on any atom is -0.355 e. The second kappa shape index (κ2) is 6.72. The van der Waals surface area contributed by atoms with E-state index in [1.165, 1.54) is 0 Å². The molecule has 0 unspecified atom stereocenters. The maximum Gasteiger partial charge on any atom is 0.239 e. The van der Waals surface area contributed by atoms with E-state index in [0.29, 0.717) is 6.54 Å². The molecule has 0 rings (SSSR count). The molecule has 0 aromatic heterocycles. The highest BCUT2D eigenvalue weighted by molar-refractivity contribution is 7.98. The molecule has 1 N–H and O–H groups in total. The van der Waals surface area contributed by atoms with Gasteiger partial charge in [0, 0.05) is 6.54 Å². The van der Waals surface area contributed by atoms with Gasteiger partial charge in [0.1, 0.15) is 5.41 Å². The van der Waals surface area contributed by atoms with Crippen LogP contribution in [0, 0.1) is 16.7 Å². The molecule has 0 aliphatic rings. The lowest BCUT2D eigenvalue weighted by Crippen LogP contribution is -2.36. The fourth-order valence-electron chi connectivity index (χ4n) is 0.845. The fraction of sp³-hybridized carbons (Fsp3) is 0.800. The quantitative estimate of drug-likeness (QED) is 0.686. The molecule has 0 saturated heterocycles. The Morgan fingerprint density at radius 2 is 2.14 bits per heavy atom. The zero-order valence-electron chi connectivity index (χ0n) is 9.09. The van der Waals surface area contributed by atoms with Crippen molar-refractivity contribution in [3.05, 3.63) is 0 Å². The molecule has 0 atom stereocenters. The van der Waals surface area contributed by atoms with Gasteiger partial charge in [-0.05, 0) is 38.7 Å². The van der Waals surface area contributed by atoms with E-state index in [1.54, 1.807) is 25.6 Å². The average Bonchev–Trinajstić information content (AvgIpc) is 2.17. The van der Waals surface area contributed by atoms with Crippen LogP contribution in [-0.4, -0.2) is 24.5 Å². The number of carbonyl (C=O) groups excluding carboxylic acids is 1. The standard InChI is InChI=1S/C10H18N2OS/c1-10(2,8-11)9(13)12-6-4-5-7-14-3/h4-7H2,1-3H3,(H,12,13). The van der Waals surface area contributed by atoms with Crippen LogP contribution in [0.15, 0.2) is 0 Å². The summed E-state index contributed by atoms with van der Waals surface area (Å²) in [7, 11) is 0. The molecular formula is C10H18N2OS. The summed E-state index contributed by atoms with van der Waals surface area (Å²) in [6.45, 7) is 3.93. The zero-order chi connectivity index (χ0) is 11.0. The van der Waals surface area contributed by atoms with Crippen molar-refractivity contribution in [3.63, 3.8) is 0 Å². The second-order valence-electron chi connectivity index (χ2n) is 3.69. The lowest BCUT2D eigenvalue weighted by Gasteiger charge is -2.14. The molecule has 3 nitrogen and oxygen atoms in total. The van der Waals surface area contributed by atoms with Crippen LogP contribution in [0.25, 0.3) is 0 Å². The summed E-state index contributed by atoms with van der Waals surface area (Å²) >= 11 is 1.81. The van der Waals surface area contributed by atoms with Gasteiger partial charge in [0.25, 0.3) is 0 Å². The van der Waals surface area contributed by atoms with E-state index in [1.807, 2.05) is 6.07 Å². The van der Waals surface area contributed by atoms with Crippen molar-refractivity contribution < 1.29 is 4.79 Å². The monoisotopic (exact) mass is 214 g/mol. The molecule has 0 radical (unpaired) electrons. The van der Waals surface area contributed by atoms with Gasteiger partial charge >= 0.3 is 0 Å². The van der Waals surface area contributed by atoms with Crippen molar-refractivity contribution >= 4 is 17.7 Å². The van der Waals surface area contributed by atoms with E-state index >= 15 is 0 Å². The van der Waals surface area contributed by atoms with Gasteiger partial charge in [-0.2, -0.15) is 17.0 Å². The molecule has 0 aromatic rings. The van der Waals surface area contributed by atoms with Crippen molar-refractivity contribution in [1.82, 2.24) is 5.32 Å². The van der Waals surface area contributed by atoms with Gasteiger partial charge in [-0.3, -0.25) is 4.79 Å². The molecule has 0 aliphatic carbocycles. The first-order valence-corrected chi connectivity index (χ1v) is 6.12. The van der Waals surface area contributed by atoms with Crippen LogP contribution in [0.4, 0.5) is 0 Å². The van der Waals surface area contributed by atoms with Gasteiger partial charge in [0.2, 0.25) is 5.91 Å². The summed E-state index contributed by atoms with van der Waals surface area (Å²) in [6.07, 6.45) is 4.15. The topological polar surface area (TPSA) is 52.9 Å². The Morgan fingerprint density at radius 3 is 2.64 bits per heavy atom. The largest absolute Gasteiger partial charge is 0.355 e. The number of amides is 1. The number of unbranched alkanes of at least 4 members (excludes halogenated alkanes) is 1. The number of nitrogens with zero attached hydrogens (tertiary/aromatic N) is 1. The molecule has 0 heterocycles. The number of thioether (sulfide) groups is 1. The fourth-order valence-corrected chi connectivity index (χ4v) is 1.34. The van der Waals surface area contributed by atoms with E-state index in [0.717, 1.165) is 18.6 Å². The van der Waals surface area contributed by atoms with E-state index in [9.17, 15) is 4.79 Å². The Kier molecular flexibility index (Phi) is 6.39. The minimum atomic E-state index is -0.903. The Labute approximate surface area is 90.3 Å². The normalized spacial score (nSPS) is 10.7. The molecule has 0 spiro atoms. The molecule has 80 valence electrons. The van der Waals surface area contributed by atoms with Crippen LogP contribution in [0.1, 0.15) is 26.7 Å². The molecular weight excluding hydrogens is 196 g/mol. The highest BCUT2D eigenvalue weighted by Gasteiger charge is 2.26. The van der Waals surface area contributed by atoms with Gasteiger partial charge in [0.05, 0.1) is 6.07 Å². The maximum absolute atomic E-state index is 11.4. The number of nitrogens with one attached hydrogen (secondary N) is 1. The van der Waals surface area contributed by atoms with Crippen molar-refractivity contribution in [3.8, 4) is 6.07 Å². The van der Waals surface area contributed by atoms with Crippen LogP contribution >= 0.6 is 11.8 Å². The Balaban J connectivity index is 3.61. The smallest absolute Gasteiger partial charge is 0.239 e. The van der Waals surface area contributed by atoms with E-state index in [2.05, 4.69) is 11.6 Å². The first-order valence-electron chi connectivity index (χ1n) is 4.73. The van der Waals surface area contributed by atoms with Gasteiger partial charge in [-0.25, -0.2) is 0 Å². The number of nitriles is 1. The maximum atomic E-state index is 11.4. The zero-order valence-corrected chi connectivity index (χ0v) is 9.91. The molecule has 0 aromatic carbocycles. The first kappa shape index (κ1) is 13.3. The van der Waals surface area contributed by atoms with Crippen molar-refractivity contribution in [2.45, 2.75) is 26.7 Å². The molecule has 4 heteroatoms.